The third kappa shape index (κ3) is 1.75. The average molecular weight is 193 g/mol. The zero-order valence-electron chi connectivity index (χ0n) is 6.67. The Morgan fingerprint density at radius 3 is 2.42 bits per heavy atom. The first kappa shape index (κ1) is 9.47. The number of likely N-dealkylation sites (N-methyl/N-ethyl adjacent to an activating group) is 1. The molecule has 0 unspecified atom stereocenters. The van der Waals surface area contributed by atoms with Crippen LogP contribution in [0.25, 0.3) is 0 Å². The number of sulfone groups is 1. The molecule has 1 amide bonds. The summed E-state index contributed by atoms with van der Waals surface area (Å²) in [5.74, 6) is -0.376. The van der Waals surface area contributed by atoms with Crippen molar-refractivity contribution in [1.82, 2.24) is 4.90 Å². The van der Waals surface area contributed by atoms with Gasteiger partial charge in [0, 0.05) is 7.05 Å². The van der Waals surface area contributed by atoms with Crippen molar-refractivity contribution < 1.29 is 18.3 Å². The maximum Gasteiger partial charge on any atom is 0.209 e. The van der Waals surface area contributed by atoms with Crippen molar-refractivity contribution in [3.05, 3.63) is 0 Å². The van der Waals surface area contributed by atoms with E-state index in [4.69, 9.17) is 0 Å². The Morgan fingerprint density at radius 2 is 2.08 bits per heavy atom. The molecule has 0 aromatic heterocycles. The van der Waals surface area contributed by atoms with Crippen molar-refractivity contribution in [3.63, 3.8) is 0 Å². The van der Waals surface area contributed by atoms with Crippen LogP contribution in [-0.2, 0) is 14.6 Å². The quantitative estimate of drug-likeness (QED) is 0.527. The van der Waals surface area contributed by atoms with Crippen molar-refractivity contribution in [1.29, 1.82) is 0 Å². The predicted octanol–water partition coefficient (Wildman–Crippen LogP) is -1.77. The fourth-order valence-corrected chi connectivity index (χ4v) is 3.13. The van der Waals surface area contributed by atoms with Crippen LogP contribution in [0.3, 0.4) is 0 Å². The number of aliphatic hydroxyl groups excluding tert-OH is 1. The SMILES string of the molecule is CN(C=O)[C@@H]1CS(=O)(=O)C[C@@H]1O. The minimum atomic E-state index is -3.15. The highest BCUT2D eigenvalue weighted by Crippen LogP contribution is 2.15. The topological polar surface area (TPSA) is 74.7 Å². The minimum Gasteiger partial charge on any atom is -0.390 e. The van der Waals surface area contributed by atoms with Crippen LogP contribution in [0.1, 0.15) is 0 Å². The van der Waals surface area contributed by atoms with E-state index in [-0.39, 0.29) is 11.5 Å². The monoisotopic (exact) mass is 193 g/mol. The number of carbonyl (C=O) groups is 1. The molecule has 1 saturated heterocycles. The third-order valence-electron chi connectivity index (χ3n) is 1.98. The van der Waals surface area contributed by atoms with Crippen molar-refractivity contribution in [2.75, 3.05) is 18.6 Å². The number of aliphatic hydroxyl groups is 1. The standard InChI is InChI=1S/C6H11NO4S/c1-7(4-8)5-2-12(10,11)3-6(5)9/h4-6,9H,2-3H2,1H3/t5-,6+/m1/s1. The maximum atomic E-state index is 11.0. The molecule has 2 atom stereocenters. The Hall–Kier alpha value is -0.620. The van der Waals surface area contributed by atoms with Crippen LogP contribution in [0.5, 0.6) is 0 Å². The lowest BCUT2D eigenvalue weighted by Crippen LogP contribution is -2.39. The maximum absolute atomic E-state index is 11.0. The molecule has 1 aliphatic heterocycles. The van der Waals surface area contributed by atoms with Crippen LogP contribution in [0, 0.1) is 0 Å². The Kier molecular flexibility index (Phi) is 2.39. The van der Waals surface area contributed by atoms with Gasteiger partial charge in [0.1, 0.15) is 0 Å². The summed E-state index contributed by atoms with van der Waals surface area (Å²) in [5.41, 5.74) is 0. The highest BCUT2D eigenvalue weighted by molar-refractivity contribution is 7.91. The molecule has 0 aliphatic carbocycles. The average Bonchev–Trinajstić information content (AvgIpc) is 2.23. The van der Waals surface area contributed by atoms with Crippen molar-refractivity contribution >= 4 is 16.2 Å². The smallest absolute Gasteiger partial charge is 0.209 e. The summed E-state index contributed by atoms with van der Waals surface area (Å²) in [6, 6.07) is -0.576. The summed E-state index contributed by atoms with van der Waals surface area (Å²) in [6.07, 6.45) is -0.417. The van der Waals surface area contributed by atoms with Gasteiger partial charge in [0.25, 0.3) is 0 Å². The molecule has 70 valence electrons. The second kappa shape index (κ2) is 3.02. The van der Waals surface area contributed by atoms with E-state index in [1.54, 1.807) is 0 Å². The Labute approximate surface area is 70.9 Å². The number of amides is 1. The fraction of sp³-hybridized carbons (Fsp3) is 0.833. The summed E-state index contributed by atoms with van der Waals surface area (Å²) >= 11 is 0. The number of nitrogens with zero attached hydrogens (tertiary/aromatic N) is 1. The molecule has 0 saturated carbocycles. The van der Waals surface area contributed by atoms with Gasteiger partial charge in [0.2, 0.25) is 6.41 Å². The zero-order valence-corrected chi connectivity index (χ0v) is 7.49. The van der Waals surface area contributed by atoms with E-state index in [1.807, 2.05) is 0 Å². The molecule has 1 N–H and O–H groups in total. The largest absolute Gasteiger partial charge is 0.390 e. The van der Waals surface area contributed by atoms with Gasteiger partial charge in [-0.2, -0.15) is 0 Å². The molecular weight excluding hydrogens is 182 g/mol. The van der Waals surface area contributed by atoms with Crippen LogP contribution in [0.2, 0.25) is 0 Å². The molecule has 1 aliphatic rings. The van der Waals surface area contributed by atoms with E-state index in [1.165, 1.54) is 11.9 Å². The van der Waals surface area contributed by atoms with Crippen LogP contribution >= 0.6 is 0 Å². The Balaban J connectivity index is 2.77. The lowest BCUT2D eigenvalue weighted by Gasteiger charge is -2.20. The lowest BCUT2D eigenvalue weighted by molar-refractivity contribution is -0.119. The first-order chi connectivity index (χ1) is 5.46. The Morgan fingerprint density at radius 1 is 1.50 bits per heavy atom. The molecule has 0 aromatic carbocycles. The number of carbonyl (C=O) groups excluding carboxylic acids is 1. The van der Waals surface area contributed by atoms with E-state index < -0.39 is 22.0 Å². The van der Waals surface area contributed by atoms with E-state index in [9.17, 15) is 18.3 Å². The van der Waals surface area contributed by atoms with Crippen LogP contribution in [0.4, 0.5) is 0 Å². The van der Waals surface area contributed by atoms with E-state index in [0.29, 0.717) is 6.41 Å². The molecule has 0 bridgehead atoms. The summed E-state index contributed by atoms with van der Waals surface area (Å²) in [7, 11) is -1.69. The van der Waals surface area contributed by atoms with Gasteiger partial charge >= 0.3 is 0 Å². The molecule has 0 radical (unpaired) electrons. The first-order valence-corrected chi connectivity index (χ1v) is 5.34. The third-order valence-corrected chi connectivity index (χ3v) is 3.68. The van der Waals surface area contributed by atoms with Gasteiger partial charge in [-0.3, -0.25) is 4.79 Å². The minimum absolute atomic E-state index is 0.136. The van der Waals surface area contributed by atoms with Gasteiger partial charge in [0.15, 0.2) is 9.84 Å². The highest BCUT2D eigenvalue weighted by atomic mass is 32.2. The van der Waals surface area contributed by atoms with E-state index >= 15 is 0 Å². The predicted molar refractivity (Wildman–Crippen MR) is 42.3 cm³/mol. The molecule has 1 heterocycles. The van der Waals surface area contributed by atoms with Gasteiger partial charge in [0.05, 0.1) is 23.7 Å². The molecule has 0 spiro atoms. The van der Waals surface area contributed by atoms with E-state index in [2.05, 4.69) is 0 Å². The fourth-order valence-electron chi connectivity index (χ4n) is 1.28. The summed E-state index contributed by atoms with van der Waals surface area (Å²) in [4.78, 5) is 11.5. The van der Waals surface area contributed by atoms with Crippen molar-refractivity contribution in [2.45, 2.75) is 12.1 Å². The summed E-state index contributed by atoms with van der Waals surface area (Å²) in [6.45, 7) is 0. The Bertz CT molecular complexity index is 273. The molecule has 1 fully saturated rings. The zero-order chi connectivity index (χ0) is 9.35. The number of hydrogen-bond donors (Lipinski definition) is 1. The van der Waals surface area contributed by atoms with Crippen molar-refractivity contribution in [3.8, 4) is 0 Å². The number of rotatable bonds is 2. The van der Waals surface area contributed by atoms with Crippen LogP contribution in [0.15, 0.2) is 0 Å². The van der Waals surface area contributed by atoms with Gasteiger partial charge in [-0.1, -0.05) is 0 Å². The van der Waals surface area contributed by atoms with Gasteiger partial charge in [-0.05, 0) is 0 Å². The molecule has 6 heteroatoms. The first-order valence-electron chi connectivity index (χ1n) is 3.52. The molecule has 1 rings (SSSR count). The normalized spacial score (nSPS) is 33.2. The summed E-state index contributed by atoms with van der Waals surface area (Å²) < 4.78 is 21.9. The molecular formula is C6H11NO4S. The second-order valence-corrected chi connectivity index (χ2v) is 5.14. The molecule has 12 heavy (non-hydrogen) atoms. The number of hydrogen-bond acceptors (Lipinski definition) is 4. The van der Waals surface area contributed by atoms with Gasteiger partial charge in [-0.25, -0.2) is 8.42 Å². The molecule has 5 nitrogen and oxygen atoms in total. The highest BCUT2D eigenvalue weighted by Gasteiger charge is 2.38. The lowest BCUT2D eigenvalue weighted by atomic mass is 10.2. The van der Waals surface area contributed by atoms with Crippen LogP contribution in [-0.4, -0.2) is 55.5 Å². The second-order valence-electron chi connectivity index (χ2n) is 2.98. The van der Waals surface area contributed by atoms with E-state index in [0.717, 1.165) is 0 Å². The summed E-state index contributed by atoms with van der Waals surface area (Å²) in [5, 5.41) is 9.25. The van der Waals surface area contributed by atoms with Gasteiger partial charge < -0.3 is 10.0 Å². The van der Waals surface area contributed by atoms with Gasteiger partial charge in [-0.15, -0.1) is 0 Å². The molecule has 0 aromatic rings. The van der Waals surface area contributed by atoms with Crippen LogP contribution < -0.4 is 0 Å². The van der Waals surface area contributed by atoms with Crippen molar-refractivity contribution in [2.24, 2.45) is 0 Å².